The lowest BCUT2D eigenvalue weighted by Crippen LogP contribution is -2.34. The molecule has 0 radical (unpaired) electrons. The van der Waals surface area contributed by atoms with Crippen molar-refractivity contribution < 1.29 is 23.8 Å². The predicted octanol–water partition coefficient (Wildman–Crippen LogP) is 3.44. The first-order valence-electron chi connectivity index (χ1n) is 8.94. The van der Waals surface area contributed by atoms with E-state index in [1.807, 2.05) is 18.9 Å². The van der Waals surface area contributed by atoms with Crippen molar-refractivity contribution in [3.63, 3.8) is 0 Å². The lowest BCUT2D eigenvalue weighted by Gasteiger charge is -2.27. The molecule has 146 valence electrons. The van der Waals surface area contributed by atoms with E-state index in [0.29, 0.717) is 24.5 Å². The molecule has 2 aromatic carbocycles. The van der Waals surface area contributed by atoms with Gasteiger partial charge in [0.2, 0.25) is 0 Å². The van der Waals surface area contributed by atoms with Gasteiger partial charge in [0.15, 0.2) is 0 Å². The molecule has 27 heavy (non-hydrogen) atoms. The minimum absolute atomic E-state index is 0.0316. The van der Waals surface area contributed by atoms with E-state index < -0.39 is 6.10 Å². The summed E-state index contributed by atoms with van der Waals surface area (Å²) in [7, 11) is 1.89. The van der Waals surface area contributed by atoms with Crippen molar-refractivity contribution in [2.24, 2.45) is 0 Å². The molecule has 0 aliphatic carbocycles. The van der Waals surface area contributed by atoms with Crippen LogP contribution in [0.4, 0.5) is 4.39 Å². The van der Waals surface area contributed by atoms with Crippen LogP contribution in [-0.2, 0) is 4.74 Å². The molecule has 6 heteroatoms. The highest BCUT2D eigenvalue weighted by Gasteiger charge is 2.16. The van der Waals surface area contributed by atoms with Crippen molar-refractivity contribution >= 4 is 5.97 Å². The smallest absolute Gasteiger partial charge is 0.338 e. The first-order chi connectivity index (χ1) is 12.9. The van der Waals surface area contributed by atoms with E-state index in [2.05, 4.69) is 0 Å². The van der Waals surface area contributed by atoms with Crippen LogP contribution >= 0.6 is 0 Å². The molecule has 0 spiro atoms. The van der Waals surface area contributed by atoms with Gasteiger partial charge in [0, 0.05) is 12.6 Å². The molecule has 2 atom stereocenters. The number of nitrogens with zero attached hydrogens (tertiary/aromatic N) is 1. The predicted molar refractivity (Wildman–Crippen MR) is 101 cm³/mol. The molecule has 1 N–H and O–H groups in total. The van der Waals surface area contributed by atoms with Crippen LogP contribution < -0.4 is 4.74 Å². The Kier molecular flexibility index (Phi) is 7.76. The number of aliphatic hydroxyl groups excluding tert-OH is 1. The van der Waals surface area contributed by atoms with Gasteiger partial charge in [-0.2, -0.15) is 0 Å². The van der Waals surface area contributed by atoms with Crippen molar-refractivity contribution in [2.45, 2.75) is 26.0 Å². The maximum Gasteiger partial charge on any atom is 0.338 e. The molecule has 0 aliphatic rings. The number of likely N-dealkylation sites (N-methyl/N-ethyl adjacent to an activating group) is 1. The number of hydrogen-bond donors (Lipinski definition) is 1. The van der Waals surface area contributed by atoms with E-state index in [1.165, 1.54) is 12.1 Å². The van der Waals surface area contributed by atoms with Crippen molar-refractivity contribution in [3.8, 4) is 5.75 Å². The molecule has 0 aliphatic heterocycles. The van der Waals surface area contributed by atoms with Gasteiger partial charge in [-0.3, -0.25) is 4.90 Å². The largest absolute Gasteiger partial charge is 0.491 e. The first kappa shape index (κ1) is 20.9. The molecule has 5 nitrogen and oxygen atoms in total. The topological polar surface area (TPSA) is 59.0 Å². The quantitative estimate of drug-likeness (QED) is 0.681. The summed E-state index contributed by atoms with van der Waals surface area (Å²) in [5.74, 6) is -0.0761. The lowest BCUT2D eigenvalue weighted by molar-refractivity contribution is 0.0525. The number of aliphatic hydroxyl groups is 1. The zero-order chi connectivity index (χ0) is 19.8. The van der Waals surface area contributed by atoms with Crippen LogP contribution in [0.1, 0.15) is 35.8 Å². The number of ether oxygens (including phenoxy) is 2. The summed E-state index contributed by atoms with van der Waals surface area (Å²) in [5, 5.41) is 10.2. The van der Waals surface area contributed by atoms with Crippen LogP contribution in [0.15, 0.2) is 48.5 Å². The first-order valence-corrected chi connectivity index (χ1v) is 8.94. The normalized spacial score (nSPS) is 13.3. The zero-order valence-electron chi connectivity index (χ0n) is 15.9. The highest BCUT2D eigenvalue weighted by Crippen LogP contribution is 2.19. The summed E-state index contributed by atoms with van der Waals surface area (Å²) in [6.07, 6.45) is -0.692. The van der Waals surface area contributed by atoms with Crippen molar-refractivity contribution in [1.82, 2.24) is 4.90 Å². The van der Waals surface area contributed by atoms with Crippen LogP contribution in [0.25, 0.3) is 0 Å². The van der Waals surface area contributed by atoms with Crippen LogP contribution in [-0.4, -0.2) is 48.9 Å². The monoisotopic (exact) mass is 375 g/mol. The third kappa shape index (κ3) is 6.34. The molecule has 0 saturated carbocycles. The molecule has 2 unspecified atom stereocenters. The Morgan fingerprint density at radius 3 is 2.37 bits per heavy atom. The number of carbonyl (C=O) groups is 1. The second-order valence-corrected chi connectivity index (χ2v) is 6.38. The zero-order valence-corrected chi connectivity index (χ0v) is 15.9. The number of hydrogen-bond acceptors (Lipinski definition) is 5. The Morgan fingerprint density at radius 1 is 1.15 bits per heavy atom. The van der Waals surface area contributed by atoms with Crippen molar-refractivity contribution in [2.75, 3.05) is 26.8 Å². The molecular formula is C21H26FNO4. The van der Waals surface area contributed by atoms with Crippen LogP contribution in [0.2, 0.25) is 0 Å². The van der Waals surface area contributed by atoms with Crippen LogP contribution in [0, 0.1) is 5.82 Å². The SMILES string of the molecule is CCOC(=O)c1ccc(OCC(O)CN(C)C(C)c2ccc(F)cc2)cc1. The van der Waals surface area contributed by atoms with Gasteiger partial charge in [-0.05, 0) is 62.9 Å². The van der Waals surface area contributed by atoms with Gasteiger partial charge in [0.25, 0.3) is 0 Å². The third-order valence-electron chi connectivity index (χ3n) is 4.32. The van der Waals surface area contributed by atoms with E-state index in [9.17, 15) is 14.3 Å². The Morgan fingerprint density at radius 2 is 1.78 bits per heavy atom. The number of benzene rings is 2. The summed E-state index contributed by atoms with van der Waals surface area (Å²) in [4.78, 5) is 13.6. The van der Waals surface area contributed by atoms with Gasteiger partial charge < -0.3 is 14.6 Å². The lowest BCUT2D eigenvalue weighted by atomic mass is 10.1. The summed E-state index contributed by atoms with van der Waals surface area (Å²) >= 11 is 0. The maximum absolute atomic E-state index is 13.0. The second-order valence-electron chi connectivity index (χ2n) is 6.38. The maximum atomic E-state index is 13.0. The van der Waals surface area contributed by atoms with Gasteiger partial charge in [0.1, 0.15) is 24.3 Å². The molecule has 2 rings (SSSR count). The summed E-state index contributed by atoms with van der Waals surface area (Å²) in [5.41, 5.74) is 1.43. The fourth-order valence-electron chi connectivity index (χ4n) is 2.63. The number of rotatable bonds is 9. The van der Waals surface area contributed by atoms with Crippen LogP contribution in [0.5, 0.6) is 5.75 Å². The average Bonchev–Trinajstić information content (AvgIpc) is 2.67. The van der Waals surface area contributed by atoms with E-state index in [0.717, 1.165) is 5.56 Å². The standard InChI is InChI=1S/C21H26FNO4/c1-4-26-21(25)17-7-11-20(12-8-17)27-14-19(24)13-23(3)15(2)16-5-9-18(22)10-6-16/h5-12,15,19,24H,4,13-14H2,1-3H3. The van der Waals surface area contributed by atoms with Gasteiger partial charge >= 0.3 is 5.97 Å². The van der Waals surface area contributed by atoms with E-state index >= 15 is 0 Å². The van der Waals surface area contributed by atoms with Crippen LogP contribution in [0.3, 0.4) is 0 Å². The number of halogens is 1. The summed E-state index contributed by atoms with van der Waals surface area (Å²) < 4.78 is 23.5. The Balaban J connectivity index is 1.82. The Hall–Kier alpha value is -2.44. The summed E-state index contributed by atoms with van der Waals surface area (Å²) in [6, 6.07) is 13.0. The Bertz CT molecular complexity index is 718. The average molecular weight is 375 g/mol. The van der Waals surface area contributed by atoms with Gasteiger partial charge in [0.05, 0.1) is 12.2 Å². The molecule has 0 aromatic heterocycles. The highest BCUT2D eigenvalue weighted by atomic mass is 19.1. The van der Waals surface area contributed by atoms with Crippen molar-refractivity contribution in [1.29, 1.82) is 0 Å². The number of esters is 1. The minimum atomic E-state index is -0.692. The highest BCUT2D eigenvalue weighted by molar-refractivity contribution is 5.89. The summed E-state index contributed by atoms with van der Waals surface area (Å²) in [6.45, 7) is 4.60. The van der Waals surface area contributed by atoms with Gasteiger partial charge in [-0.15, -0.1) is 0 Å². The fraction of sp³-hybridized carbons (Fsp3) is 0.381. The van der Waals surface area contributed by atoms with Gasteiger partial charge in [-0.1, -0.05) is 12.1 Å². The van der Waals surface area contributed by atoms with Crippen molar-refractivity contribution in [3.05, 3.63) is 65.5 Å². The molecule has 0 saturated heterocycles. The molecule has 0 amide bonds. The Labute approximate surface area is 159 Å². The molecular weight excluding hydrogens is 349 g/mol. The molecule has 0 heterocycles. The van der Waals surface area contributed by atoms with E-state index in [4.69, 9.17) is 9.47 Å². The van der Waals surface area contributed by atoms with Gasteiger partial charge in [-0.25, -0.2) is 9.18 Å². The molecule has 2 aromatic rings. The molecule has 0 bridgehead atoms. The third-order valence-corrected chi connectivity index (χ3v) is 4.32. The fourth-order valence-corrected chi connectivity index (χ4v) is 2.63. The van der Waals surface area contributed by atoms with E-state index in [-0.39, 0.29) is 24.4 Å². The second kappa shape index (κ2) is 10.0. The van der Waals surface area contributed by atoms with E-state index in [1.54, 1.807) is 43.3 Å². The minimum Gasteiger partial charge on any atom is -0.491 e. The number of carbonyl (C=O) groups excluding carboxylic acids is 1. The molecule has 0 fully saturated rings.